The number of nitro benzene ring substituents is 1. The molecule has 0 fully saturated rings. The first kappa shape index (κ1) is 17.5. The third-order valence-electron chi connectivity index (χ3n) is 4.06. The van der Waals surface area contributed by atoms with Crippen LogP contribution in [-0.2, 0) is 0 Å². The lowest BCUT2D eigenvalue weighted by atomic mass is 10.1. The van der Waals surface area contributed by atoms with E-state index < -0.39 is 4.92 Å². The summed E-state index contributed by atoms with van der Waals surface area (Å²) in [6.07, 6.45) is 0. The van der Waals surface area contributed by atoms with Crippen LogP contribution in [0.2, 0.25) is 0 Å². The lowest BCUT2D eigenvalue weighted by Crippen LogP contribution is -2.10. The zero-order chi connectivity index (χ0) is 18.8. The van der Waals surface area contributed by atoms with E-state index in [0.29, 0.717) is 17.2 Å². The largest absolute Gasteiger partial charge is 0.363 e. The molecule has 26 heavy (non-hydrogen) atoms. The van der Waals surface area contributed by atoms with Gasteiger partial charge in [-0.25, -0.2) is 9.97 Å². The Bertz CT molecular complexity index is 948. The number of hydrogen-bond acceptors (Lipinski definition) is 7. The van der Waals surface area contributed by atoms with Gasteiger partial charge in [-0.2, -0.15) is 0 Å². The fourth-order valence-corrected chi connectivity index (χ4v) is 2.93. The Morgan fingerprint density at radius 2 is 1.96 bits per heavy atom. The third-order valence-corrected chi connectivity index (χ3v) is 4.06. The van der Waals surface area contributed by atoms with Gasteiger partial charge in [0.25, 0.3) is 5.69 Å². The number of aryl methyl sites for hydroxylation is 3. The van der Waals surface area contributed by atoms with Crippen molar-refractivity contribution in [3.05, 3.63) is 63.2 Å². The molecule has 2 aromatic heterocycles. The van der Waals surface area contributed by atoms with Crippen LogP contribution >= 0.6 is 0 Å². The summed E-state index contributed by atoms with van der Waals surface area (Å²) in [5, 5.41) is 18.3. The number of aromatic nitrogens is 3. The van der Waals surface area contributed by atoms with E-state index in [1.807, 2.05) is 33.8 Å². The van der Waals surface area contributed by atoms with Crippen molar-refractivity contribution in [3.63, 3.8) is 0 Å². The quantitative estimate of drug-likeness (QED) is 0.542. The van der Waals surface area contributed by atoms with Gasteiger partial charge in [-0.1, -0.05) is 17.3 Å². The average molecular weight is 353 g/mol. The van der Waals surface area contributed by atoms with Crippen LogP contribution in [0.25, 0.3) is 11.4 Å². The molecule has 2 heterocycles. The summed E-state index contributed by atoms with van der Waals surface area (Å²) in [5.41, 5.74) is 3.17. The standard InChI is InChI=1S/C18H19N5O3/c1-10-8-16(20-11(2)17-12(3)22-26-13(17)4)21-18(19-10)14-6-5-7-15(9-14)23(24)25/h5-9,11H,1-4H3,(H,19,20,21). The Morgan fingerprint density at radius 1 is 1.19 bits per heavy atom. The van der Waals surface area contributed by atoms with E-state index in [2.05, 4.69) is 20.4 Å². The smallest absolute Gasteiger partial charge is 0.270 e. The number of anilines is 1. The van der Waals surface area contributed by atoms with Crippen molar-refractivity contribution < 1.29 is 9.45 Å². The molecule has 0 saturated carbocycles. The molecule has 1 aromatic carbocycles. The van der Waals surface area contributed by atoms with Gasteiger partial charge in [0.1, 0.15) is 11.6 Å². The van der Waals surface area contributed by atoms with Crippen molar-refractivity contribution in [3.8, 4) is 11.4 Å². The molecular weight excluding hydrogens is 334 g/mol. The van der Waals surface area contributed by atoms with Gasteiger partial charge in [-0.15, -0.1) is 0 Å². The number of benzene rings is 1. The molecule has 0 bridgehead atoms. The summed E-state index contributed by atoms with van der Waals surface area (Å²) in [5.74, 6) is 1.82. The SMILES string of the molecule is Cc1cc(NC(C)c2c(C)noc2C)nc(-c2cccc([N+](=O)[O-])c2)n1. The molecule has 0 radical (unpaired) electrons. The zero-order valence-corrected chi connectivity index (χ0v) is 15.0. The van der Waals surface area contributed by atoms with Crippen molar-refractivity contribution in [1.82, 2.24) is 15.1 Å². The van der Waals surface area contributed by atoms with E-state index >= 15 is 0 Å². The summed E-state index contributed by atoms with van der Waals surface area (Å²) in [7, 11) is 0. The van der Waals surface area contributed by atoms with Gasteiger partial charge in [-0.05, 0) is 27.7 Å². The van der Waals surface area contributed by atoms with E-state index in [9.17, 15) is 10.1 Å². The van der Waals surface area contributed by atoms with E-state index in [-0.39, 0.29) is 11.7 Å². The second-order valence-electron chi connectivity index (χ2n) is 6.13. The Morgan fingerprint density at radius 3 is 2.62 bits per heavy atom. The van der Waals surface area contributed by atoms with Crippen LogP contribution in [0.15, 0.2) is 34.9 Å². The topological polar surface area (TPSA) is 107 Å². The molecule has 1 unspecified atom stereocenters. The molecular formula is C18H19N5O3. The highest BCUT2D eigenvalue weighted by molar-refractivity contribution is 5.61. The summed E-state index contributed by atoms with van der Waals surface area (Å²) in [6.45, 7) is 7.61. The second kappa shape index (κ2) is 6.91. The Labute approximate surface area is 150 Å². The molecule has 0 aliphatic carbocycles. The predicted molar refractivity (Wildman–Crippen MR) is 96.9 cm³/mol. The average Bonchev–Trinajstić information content (AvgIpc) is 2.93. The molecule has 1 N–H and O–H groups in total. The lowest BCUT2D eigenvalue weighted by molar-refractivity contribution is -0.384. The maximum Gasteiger partial charge on any atom is 0.270 e. The van der Waals surface area contributed by atoms with Gasteiger partial charge in [0.15, 0.2) is 5.82 Å². The summed E-state index contributed by atoms with van der Waals surface area (Å²) >= 11 is 0. The number of nitrogens with zero attached hydrogens (tertiary/aromatic N) is 4. The van der Waals surface area contributed by atoms with E-state index in [1.54, 1.807) is 12.1 Å². The molecule has 0 aliphatic heterocycles. The van der Waals surface area contributed by atoms with Crippen molar-refractivity contribution >= 4 is 11.5 Å². The Balaban J connectivity index is 1.93. The molecule has 8 nitrogen and oxygen atoms in total. The minimum atomic E-state index is -0.433. The summed E-state index contributed by atoms with van der Waals surface area (Å²) < 4.78 is 5.22. The first-order valence-corrected chi connectivity index (χ1v) is 8.15. The minimum Gasteiger partial charge on any atom is -0.363 e. The van der Waals surface area contributed by atoms with Crippen molar-refractivity contribution in [2.24, 2.45) is 0 Å². The number of non-ortho nitro benzene ring substituents is 1. The van der Waals surface area contributed by atoms with Gasteiger partial charge >= 0.3 is 0 Å². The fourth-order valence-electron chi connectivity index (χ4n) is 2.93. The van der Waals surface area contributed by atoms with Crippen LogP contribution in [0.3, 0.4) is 0 Å². The van der Waals surface area contributed by atoms with Crippen LogP contribution in [0.4, 0.5) is 11.5 Å². The highest BCUT2D eigenvalue weighted by atomic mass is 16.6. The van der Waals surface area contributed by atoms with Crippen LogP contribution in [0, 0.1) is 30.9 Å². The number of nitrogens with one attached hydrogen (secondary N) is 1. The van der Waals surface area contributed by atoms with Crippen molar-refractivity contribution in [2.75, 3.05) is 5.32 Å². The van der Waals surface area contributed by atoms with Gasteiger partial charge in [0.2, 0.25) is 0 Å². The molecule has 3 aromatic rings. The molecule has 0 spiro atoms. The maximum absolute atomic E-state index is 11.0. The van der Waals surface area contributed by atoms with Crippen LogP contribution < -0.4 is 5.32 Å². The highest BCUT2D eigenvalue weighted by Gasteiger charge is 2.17. The van der Waals surface area contributed by atoms with Gasteiger partial charge < -0.3 is 9.84 Å². The molecule has 134 valence electrons. The number of hydrogen-bond donors (Lipinski definition) is 1. The normalized spacial score (nSPS) is 12.0. The maximum atomic E-state index is 11.0. The minimum absolute atomic E-state index is 0.00574. The molecule has 0 saturated heterocycles. The van der Waals surface area contributed by atoms with E-state index in [4.69, 9.17) is 4.52 Å². The monoisotopic (exact) mass is 353 g/mol. The predicted octanol–water partition coefficient (Wildman–Crippen LogP) is 4.14. The third kappa shape index (κ3) is 3.53. The van der Waals surface area contributed by atoms with Crippen LogP contribution in [-0.4, -0.2) is 20.0 Å². The van der Waals surface area contributed by atoms with E-state index in [0.717, 1.165) is 22.7 Å². The number of rotatable bonds is 5. The summed E-state index contributed by atoms with van der Waals surface area (Å²) in [6, 6.07) is 8.06. The van der Waals surface area contributed by atoms with Crippen molar-refractivity contribution in [1.29, 1.82) is 0 Å². The van der Waals surface area contributed by atoms with Gasteiger partial charge in [0, 0.05) is 35.0 Å². The first-order chi connectivity index (χ1) is 12.3. The van der Waals surface area contributed by atoms with Crippen LogP contribution in [0.1, 0.15) is 35.7 Å². The van der Waals surface area contributed by atoms with Gasteiger partial charge in [0.05, 0.1) is 16.7 Å². The molecule has 0 aliphatic rings. The Hall–Kier alpha value is -3.29. The molecule has 3 rings (SSSR count). The highest BCUT2D eigenvalue weighted by Crippen LogP contribution is 2.26. The molecule has 1 atom stereocenters. The second-order valence-corrected chi connectivity index (χ2v) is 6.13. The Kier molecular flexibility index (Phi) is 4.66. The van der Waals surface area contributed by atoms with Crippen LogP contribution in [0.5, 0.6) is 0 Å². The number of nitro groups is 1. The molecule has 0 amide bonds. The first-order valence-electron chi connectivity index (χ1n) is 8.15. The van der Waals surface area contributed by atoms with Gasteiger partial charge in [-0.3, -0.25) is 10.1 Å². The molecule has 8 heteroatoms. The van der Waals surface area contributed by atoms with E-state index in [1.165, 1.54) is 12.1 Å². The van der Waals surface area contributed by atoms with Crippen molar-refractivity contribution in [2.45, 2.75) is 33.7 Å². The fraction of sp³-hybridized carbons (Fsp3) is 0.278. The summed E-state index contributed by atoms with van der Waals surface area (Å²) in [4.78, 5) is 19.5. The zero-order valence-electron chi connectivity index (χ0n) is 15.0. The lowest BCUT2D eigenvalue weighted by Gasteiger charge is -2.15.